The number of hydrogen-bond donors (Lipinski definition) is 4. The lowest BCUT2D eigenvalue weighted by atomic mass is 10.1. The molecule has 0 fully saturated rings. The highest BCUT2D eigenvalue weighted by atomic mass is 16.4. The molecule has 20 heavy (non-hydrogen) atoms. The molecule has 0 aromatic heterocycles. The Morgan fingerprint density at radius 3 is 2.15 bits per heavy atom. The van der Waals surface area contributed by atoms with Crippen LogP contribution in [0.5, 0.6) is 0 Å². The summed E-state index contributed by atoms with van der Waals surface area (Å²) in [7, 11) is 0. The predicted molar refractivity (Wildman–Crippen MR) is 83.6 cm³/mol. The Hall–Kier alpha value is -0.650. The van der Waals surface area contributed by atoms with E-state index in [2.05, 4.69) is 6.92 Å². The Labute approximate surface area is 123 Å². The summed E-state index contributed by atoms with van der Waals surface area (Å²) in [6, 6.07) is 0.232. The second-order valence-electron chi connectivity index (χ2n) is 5.11. The largest absolute Gasteiger partial charge is 0.481 e. The average molecular weight is 290 g/mol. The Bertz CT molecular complexity index is 194. The van der Waals surface area contributed by atoms with Crippen LogP contribution in [-0.2, 0) is 4.79 Å². The molecule has 5 nitrogen and oxygen atoms in total. The van der Waals surface area contributed by atoms with Gasteiger partial charge in [-0.05, 0) is 38.6 Å². The van der Waals surface area contributed by atoms with E-state index in [-0.39, 0.29) is 12.6 Å². The lowest BCUT2D eigenvalue weighted by Gasteiger charge is -2.08. The third-order valence-corrected chi connectivity index (χ3v) is 3.01. The van der Waals surface area contributed by atoms with Gasteiger partial charge in [0.25, 0.3) is 0 Å². The number of aliphatic hydroxyl groups excluding tert-OH is 1. The number of hydrogen-bond acceptors (Lipinski definition) is 4. The minimum absolute atomic E-state index is 0.232. The van der Waals surface area contributed by atoms with Crippen LogP contribution in [0.15, 0.2) is 0 Å². The number of aliphatic carboxylic acids is 1. The molecule has 0 aliphatic heterocycles. The van der Waals surface area contributed by atoms with E-state index < -0.39 is 5.97 Å². The third kappa shape index (κ3) is 22.5. The van der Waals surface area contributed by atoms with Gasteiger partial charge in [0.05, 0.1) is 0 Å². The van der Waals surface area contributed by atoms with Gasteiger partial charge < -0.3 is 21.7 Å². The first kappa shape index (κ1) is 21.6. The molecule has 0 radical (unpaired) electrons. The van der Waals surface area contributed by atoms with Crippen molar-refractivity contribution in [1.29, 1.82) is 0 Å². The van der Waals surface area contributed by atoms with Crippen LogP contribution in [0, 0.1) is 0 Å². The van der Waals surface area contributed by atoms with Crippen molar-refractivity contribution in [1.82, 2.24) is 0 Å². The molecule has 0 aromatic carbocycles. The van der Waals surface area contributed by atoms with Crippen LogP contribution < -0.4 is 11.5 Å². The number of unbranched alkanes of at least 4 members (excludes halogenated alkanes) is 4. The summed E-state index contributed by atoms with van der Waals surface area (Å²) in [5, 5.41) is 16.7. The summed E-state index contributed by atoms with van der Waals surface area (Å²) in [6.45, 7) is 3.11. The number of carboxylic acids is 1. The first-order valence-electron chi connectivity index (χ1n) is 7.86. The molecule has 0 aliphatic rings. The Balaban J connectivity index is 0. The Kier molecular flexibility index (Phi) is 19.9. The fourth-order valence-electron chi connectivity index (χ4n) is 1.76. The standard InChI is InChI=1S/C8H16O2.C7H18N2O/c1-2-3-4-5-6-7-8(9)10;8-5-1-3-7(9)4-2-6-10/h2-7H2,1H3,(H,9,10);7,10H,1-6,8-9H2. The summed E-state index contributed by atoms with van der Waals surface area (Å²) < 4.78 is 0. The molecule has 0 rings (SSSR count). The molecule has 0 saturated heterocycles. The zero-order valence-electron chi connectivity index (χ0n) is 13.0. The fourth-order valence-corrected chi connectivity index (χ4v) is 1.76. The van der Waals surface area contributed by atoms with E-state index in [1.54, 1.807) is 0 Å². The molecule has 0 spiro atoms. The molecule has 1 unspecified atom stereocenters. The molecule has 122 valence electrons. The minimum Gasteiger partial charge on any atom is -0.481 e. The zero-order valence-corrected chi connectivity index (χ0v) is 13.0. The van der Waals surface area contributed by atoms with E-state index >= 15 is 0 Å². The quantitative estimate of drug-likeness (QED) is 0.412. The van der Waals surface area contributed by atoms with E-state index in [1.807, 2.05) is 0 Å². The molecule has 0 aromatic rings. The summed E-state index contributed by atoms with van der Waals surface area (Å²) in [4.78, 5) is 10.0. The van der Waals surface area contributed by atoms with Crippen molar-refractivity contribution >= 4 is 5.97 Å². The van der Waals surface area contributed by atoms with Crippen LogP contribution in [0.25, 0.3) is 0 Å². The van der Waals surface area contributed by atoms with Crippen LogP contribution in [0.3, 0.4) is 0 Å². The van der Waals surface area contributed by atoms with Crippen LogP contribution in [0.2, 0.25) is 0 Å². The van der Waals surface area contributed by atoms with Crippen LogP contribution >= 0.6 is 0 Å². The monoisotopic (exact) mass is 290 g/mol. The van der Waals surface area contributed by atoms with Crippen molar-refractivity contribution in [3.63, 3.8) is 0 Å². The van der Waals surface area contributed by atoms with Gasteiger partial charge in [-0.2, -0.15) is 0 Å². The fraction of sp³-hybridized carbons (Fsp3) is 0.933. The van der Waals surface area contributed by atoms with Gasteiger partial charge in [0, 0.05) is 19.1 Å². The van der Waals surface area contributed by atoms with Gasteiger partial charge in [0.15, 0.2) is 0 Å². The lowest BCUT2D eigenvalue weighted by molar-refractivity contribution is -0.137. The van der Waals surface area contributed by atoms with Gasteiger partial charge in [-0.1, -0.05) is 32.6 Å². The van der Waals surface area contributed by atoms with Crippen molar-refractivity contribution < 1.29 is 15.0 Å². The van der Waals surface area contributed by atoms with Crippen LogP contribution in [-0.4, -0.2) is 35.4 Å². The number of carbonyl (C=O) groups is 1. The van der Waals surface area contributed by atoms with Crippen molar-refractivity contribution in [2.24, 2.45) is 11.5 Å². The van der Waals surface area contributed by atoms with Gasteiger partial charge in [-0.25, -0.2) is 0 Å². The SMILES string of the molecule is CCCCCCCC(=O)O.NCCCC(N)CCCO. The average Bonchev–Trinajstić information content (AvgIpc) is 2.43. The topological polar surface area (TPSA) is 110 Å². The minimum atomic E-state index is -0.670. The number of carboxylic acid groups (broad SMARTS) is 1. The van der Waals surface area contributed by atoms with Gasteiger partial charge in [0.1, 0.15) is 0 Å². The highest BCUT2D eigenvalue weighted by Gasteiger charge is 1.99. The maximum Gasteiger partial charge on any atom is 0.303 e. The molecule has 5 heteroatoms. The number of rotatable bonds is 12. The summed E-state index contributed by atoms with van der Waals surface area (Å²) in [6.07, 6.45) is 9.58. The maximum absolute atomic E-state index is 10.0. The van der Waals surface area contributed by atoms with Gasteiger partial charge in [0.2, 0.25) is 0 Å². The van der Waals surface area contributed by atoms with E-state index in [0.717, 1.165) is 38.5 Å². The van der Waals surface area contributed by atoms with Gasteiger partial charge in [-0.3, -0.25) is 4.79 Å². The molecule has 0 bridgehead atoms. The van der Waals surface area contributed by atoms with E-state index in [4.69, 9.17) is 21.7 Å². The van der Waals surface area contributed by atoms with Crippen LogP contribution in [0.4, 0.5) is 0 Å². The van der Waals surface area contributed by atoms with Crippen molar-refractivity contribution in [3.8, 4) is 0 Å². The van der Waals surface area contributed by atoms with Gasteiger partial charge >= 0.3 is 5.97 Å². The molecule has 0 saturated carbocycles. The van der Waals surface area contributed by atoms with Gasteiger partial charge in [-0.15, -0.1) is 0 Å². The van der Waals surface area contributed by atoms with Crippen LogP contribution in [0.1, 0.15) is 71.1 Å². The summed E-state index contributed by atoms with van der Waals surface area (Å²) in [5.74, 6) is -0.670. The zero-order chi connectivity index (χ0) is 15.6. The highest BCUT2D eigenvalue weighted by Crippen LogP contribution is 2.04. The van der Waals surface area contributed by atoms with E-state index in [1.165, 1.54) is 19.3 Å². The summed E-state index contributed by atoms with van der Waals surface area (Å²) in [5.41, 5.74) is 11.0. The Morgan fingerprint density at radius 2 is 1.65 bits per heavy atom. The predicted octanol–water partition coefficient (Wildman–Crippen LogP) is 2.26. The van der Waals surface area contributed by atoms with E-state index in [0.29, 0.717) is 13.0 Å². The molecule has 1 atom stereocenters. The summed E-state index contributed by atoms with van der Waals surface area (Å²) >= 11 is 0. The first-order chi connectivity index (χ1) is 9.58. The Morgan fingerprint density at radius 1 is 1.05 bits per heavy atom. The molecule has 0 aliphatic carbocycles. The molecular formula is C15H34N2O3. The van der Waals surface area contributed by atoms with Crippen molar-refractivity contribution in [3.05, 3.63) is 0 Å². The number of nitrogens with two attached hydrogens (primary N) is 2. The smallest absolute Gasteiger partial charge is 0.303 e. The van der Waals surface area contributed by atoms with Crippen molar-refractivity contribution in [2.45, 2.75) is 77.2 Å². The van der Waals surface area contributed by atoms with E-state index in [9.17, 15) is 4.79 Å². The highest BCUT2D eigenvalue weighted by molar-refractivity contribution is 5.66. The normalized spacial score (nSPS) is 11.6. The second kappa shape index (κ2) is 18.4. The molecular weight excluding hydrogens is 256 g/mol. The third-order valence-electron chi connectivity index (χ3n) is 3.01. The first-order valence-corrected chi connectivity index (χ1v) is 7.86. The maximum atomic E-state index is 10.0. The van der Waals surface area contributed by atoms with Crippen molar-refractivity contribution in [2.75, 3.05) is 13.2 Å². The molecule has 6 N–H and O–H groups in total. The number of aliphatic hydroxyl groups is 1. The molecule has 0 heterocycles. The molecule has 0 amide bonds. The lowest BCUT2D eigenvalue weighted by Crippen LogP contribution is -2.21. The second-order valence-corrected chi connectivity index (χ2v) is 5.11.